The molecule has 0 aromatic rings. The van der Waals surface area contributed by atoms with Crippen LogP contribution in [0.5, 0.6) is 0 Å². The van der Waals surface area contributed by atoms with Crippen LogP contribution in [0.25, 0.3) is 0 Å². The normalized spacial score (nSPS) is 37.3. The van der Waals surface area contributed by atoms with Crippen LogP contribution in [0.4, 0.5) is 0 Å². The highest BCUT2D eigenvalue weighted by Crippen LogP contribution is 2.27. The third kappa shape index (κ3) is 2.47. The molecule has 0 bridgehead atoms. The highest BCUT2D eigenvalue weighted by atomic mass is 16.5. The van der Waals surface area contributed by atoms with Crippen molar-refractivity contribution < 1.29 is 5.21 Å². The molecule has 14 heavy (non-hydrogen) atoms. The van der Waals surface area contributed by atoms with E-state index in [1.165, 1.54) is 30.7 Å². The van der Waals surface area contributed by atoms with Gasteiger partial charge in [0.2, 0.25) is 0 Å². The first-order chi connectivity index (χ1) is 6.75. The van der Waals surface area contributed by atoms with E-state index < -0.39 is 0 Å². The zero-order chi connectivity index (χ0) is 9.97. The zero-order valence-electron chi connectivity index (χ0n) is 9.15. The summed E-state index contributed by atoms with van der Waals surface area (Å²) < 4.78 is 0. The van der Waals surface area contributed by atoms with Crippen LogP contribution in [0.1, 0.15) is 32.6 Å². The molecule has 82 valence electrons. The lowest BCUT2D eigenvalue weighted by atomic mass is 9.86. The molecule has 0 spiro atoms. The monoisotopic (exact) mass is 198 g/mol. The van der Waals surface area contributed by atoms with Gasteiger partial charge in [-0.25, -0.2) is 0 Å². The lowest BCUT2D eigenvalue weighted by Gasteiger charge is -2.40. The molecule has 1 aliphatic carbocycles. The van der Waals surface area contributed by atoms with Crippen molar-refractivity contribution in [3.05, 3.63) is 0 Å². The number of hydroxylamine groups is 2. The van der Waals surface area contributed by atoms with Crippen LogP contribution in [0.15, 0.2) is 0 Å². The second kappa shape index (κ2) is 4.60. The van der Waals surface area contributed by atoms with Gasteiger partial charge in [-0.15, -0.1) is 0 Å². The summed E-state index contributed by atoms with van der Waals surface area (Å²) in [5, 5.41) is 10.7. The largest absolute Gasteiger partial charge is 0.314 e. The first-order valence-corrected chi connectivity index (χ1v) is 5.93. The van der Waals surface area contributed by atoms with Gasteiger partial charge in [0.05, 0.1) is 0 Å². The fourth-order valence-corrected chi connectivity index (χ4v) is 2.68. The molecule has 3 heteroatoms. The van der Waals surface area contributed by atoms with Gasteiger partial charge >= 0.3 is 0 Å². The number of rotatable bonds is 1. The summed E-state index contributed by atoms with van der Waals surface area (Å²) in [4.78, 5) is 2.57. The van der Waals surface area contributed by atoms with Gasteiger partial charge in [-0.05, 0) is 31.6 Å². The molecule has 1 saturated heterocycles. The minimum Gasteiger partial charge on any atom is -0.314 e. The highest BCUT2D eigenvalue weighted by molar-refractivity contribution is 4.80. The molecule has 2 fully saturated rings. The highest BCUT2D eigenvalue weighted by Gasteiger charge is 2.26. The lowest BCUT2D eigenvalue weighted by molar-refractivity contribution is -0.123. The second-order valence-electron chi connectivity index (χ2n) is 4.90. The maximum Gasteiger partial charge on any atom is 0.0366 e. The standard InChI is InChI=1S/C11H22N2O/c1-10-2-4-11(5-3-10)12-6-8-13(14)9-7-12/h10-11,14H,2-9H2,1H3/t10-,11-. The van der Waals surface area contributed by atoms with E-state index in [-0.39, 0.29) is 0 Å². The fourth-order valence-electron chi connectivity index (χ4n) is 2.68. The second-order valence-corrected chi connectivity index (χ2v) is 4.90. The van der Waals surface area contributed by atoms with Crippen molar-refractivity contribution in [2.75, 3.05) is 26.2 Å². The molecule has 0 unspecified atom stereocenters. The summed E-state index contributed by atoms with van der Waals surface area (Å²) >= 11 is 0. The van der Waals surface area contributed by atoms with E-state index in [2.05, 4.69) is 11.8 Å². The molecule has 3 nitrogen and oxygen atoms in total. The van der Waals surface area contributed by atoms with E-state index in [9.17, 15) is 5.21 Å². The van der Waals surface area contributed by atoms with Crippen LogP contribution < -0.4 is 0 Å². The third-order valence-corrected chi connectivity index (χ3v) is 3.79. The summed E-state index contributed by atoms with van der Waals surface area (Å²) in [6, 6.07) is 0.805. The molecule has 1 saturated carbocycles. The van der Waals surface area contributed by atoms with E-state index in [1.807, 2.05) is 0 Å². The topological polar surface area (TPSA) is 26.7 Å². The van der Waals surface area contributed by atoms with Crippen LogP contribution in [-0.2, 0) is 0 Å². The summed E-state index contributed by atoms with van der Waals surface area (Å²) in [5.74, 6) is 0.936. The molecular weight excluding hydrogens is 176 g/mol. The average Bonchev–Trinajstić information content (AvgIpc) is 2.21. The smallest absolute Gasteiger partial charge is 0.0366 e. The van der Waals surface area contributed by atoms with Crippen molar-refractivity contribution >= 4 is 0 Å². The molecule has 0 radical (unpaired) electrons. The number of piperazine rings is 1. The molecule has 0 aromatic carbocycles. The van der Waals surface area contributed by atoms with E-state index >= 15 is 0 Å². The van der Waals surface area contributed by atoms with Crippen molar-refractivity contribution in [3.8, 4) is 0 Å². The molecule has 0 amide bonds. The van der Waals surface area contributed by atoms with Gasteiger partial charge in [0, 0.05) is 32.2 Å². The van der Waals surface area contributed by atoms with Gasteiger partial charge < -0.3 is 5.21 Å². The summed E-state index contributed by atoms with van der Waals surface area (Å²) in [6.07, 6.45) is 5.52. The summed E-state index contributed by atoms with van der Waals surface area (Å²) in [5.41, 5.74) is 0. The summed E-state index contributed by atoms with van der Waals surface area (Å²) in [7, 11) is 0. The van der Waals surface area contributed by atoms with Crippen LogP contribution in [0.2, 0.25) is 0 Å². The van der Waals surface area contributed by atoms with E-state index in [4.69, 9.17) is 0 Å². The van der Waals surface area contributed by atoms with E-state index in [1.54, 1.807) is 0 Å². The van der Waals surface area contributed by atoms with Crippen molar-refractivity contribution in [1.82, 2.24) is 9.96 Å². The van der Waals surface area contributed by atoms with Gasteiger partial charge in [-0.2, -0.15) is 5.06 Å². The molecule has 2 rings (SSSR count). The predicted molar refractivity (Wildman–Crippen MR) is 56.4 cm³/mol. The Morgan fingerprint density at radius 2 is 1.50 bits per heavy atom. The molecular formula is C11H22N2O. The minimum atomic E-state index is 0.805. The van der Waals surface area contributed by atoms with Crippen molar-refractivity contribution in [2.24, 2.45) is 5.92 Å². The SMILES string of the molecule is C[C@H]1CC[C@H](N2CCN(O)CC2)CC1. The van der Waals surface area contributed by atoms with Crippen LogP contribution in [-0.4, -0.2) is 47.4 Å². The van der Waals surface area contributed by atoms with Gasteiger partial charge in [-0.1, -0.05) is 6.92 Å². The Hall–Kier alpha value is -0.120. The predicted octanol–water partition coefficient (Wildman–Crippen LogP) is 1.57. The Morgan fingerprint density at radius 1 is 0.929 bits per heavy atom. The van der Waals surface area contributed by atoms with Crippen molar-refractivity contribution in [3.63, 3.8) is 0 Å². The third-order valence-electron chi connectivity index (χ3n) is 3.79. The Labute approximate surface area is 86.6 Å². The lowest BCUT2D eigenvalue weighted by Crippen LogP contribution is -2.50. The van der Waals surface area contributed by atoms with Crippen LogP contribution in [0, 0.1) is 5.92 Å². The average molecular weight is 198 g/mol. The first-order valence-electron chi connectivity index (χ1n) is 5.93. The molecule has 2 aliphatic rings. The minimum absolute atomic E-state index is 0.805. The fraction of sp³-hybridized carbons (Fsp3) is 1.00. The molecule has 1 aliphatic heterocycles. The van der Waals surface area contributed by atoms with Crippen LogP contribution >= 0.6 is 0 Å². The van der Waals surface area contributed by atoms with Crippen molar-refractivity contribution in [1.29, 1.82) is 0 Å². The number of nitrogens with zero attached hydrogens (tertiary/aromatic N) is 2. The van der Waals surface area contributed by atoms with Crippen LogP contribution in [0.3, 0.4) is 0 Å². The Balaban J connectivity index is 1.78. The Bertz CT molecular complexity index is 150. The number of hydrogen-bond donors (Lipinski definition) is 1. The molecule has 1 N–H and O–H groups in total. The molecule has 1 heterocycles. The Kier molecular flexibility index (Phi) is 3.42. The van der Waals surface area contributed by atoms with Gasteiger partial charge in [0.25, 0.3) is 0 Å². The van der Waals surface area contributed by atoms with E-state index in [0.717, 1.165) is 38.1 Å². The van der Waals surface area contributed by atoms with Gasteiger partial charge in [-0.3, -0.25) is 4.90 Å². The van der Waals surface area contributed by atoms with E-state index in [0.29, 0.717) is 0 Å². The maximum atomic E-state index is 9.27. The zero-order valence-corrected chi connectivity index (χ0v) is 9.15. The van der Waals surface area contributed by atoms with Gasteiger partial charge in [0.1, 0.15) is 0 Å². The number of hydrogen-bond acceptors (Lipinski definition) is 3. The first kappa shape index (κ1) is 10.4. The molecule has 0 atom stereocenters. The van der Waals surface area contributed by atoms with Gasteiger partial charge in [0.15, 0.2) is 0 Å². The quantitative estimate of drug-likeness (QED) is 0.693. The Morgan fingerprint density at radius 3 is 2.07 bits per heavy atom. The van der Waals surface area contributed by atoms with Crippen molar-refractivity contribution in [2.45, 2.75) is 38.6 Å². The maximum absolute atomic E-state index is 9.27. The summed E-state index contributed by atoms with van der Waals surface area (Å²) in [6.45, 7) is 6.12. The molecule has 0 aromatic heterocycles.